The van der Waals surface area contributed by atoms with E-state index in [1.807, 2.05) is 41.7 Å². The topological polar surface area (TPSA) is 72.2 Å². The predicted octanol–water partition coefficient (Wildman–Crippen LogP) is 4.43. The molecule has 160 valence electrons. The predicted molar refractivity (Wildman–Crippen MR) is 126 cm³/mol. The van der Waals surface area contributed by atoms with Crippen molar-refractivity contribution in [3.05, 3.63) is 52.2 Å². The molecule has 3 aromatic heterocycles. The standard InChI is InChI=1S/C23H25N5OS2/c1-3-18-25-22-20(16-10-9-14(2)11-17(16)31-22)21-26-27-23(28(18)21)30-13-19(29)24-12-15-7-5-4-6-8-15/h4-8,14H,3,9-13H2,1-2H3,(H,24,29)/t14-/m0/s1. The van der Waals surface area contributed by atoms with Gasteiger partial charge < -0.3 is 5.32 Å². The summed E-state index contributed by atoms with van der Waals surface area (Å²) in [6.45, 7) is 4.95. The Balaban J connectivity index is 1.40. The van der Waals surface area contributed by atoms with Crippen LogP contribution in [0.25, 0.3) is 15.9 Å². The first-order valence-corrected chi connectivity index (χ1v) is 12.6. The molecule has 0 aliphatic heterocycles. The molecular formula is C23H25N5OS2. The molecule has 1 aliphatic rings. The number of fused-ring (bicyclic) bond motifs is 5. The van der Waals surface area contributed by atoms with Crippen molar-refractivity contribution < 1.29 is 4.79 Å². The number of thiophene rings is 1. The minimum atomic E-state index is -0.0143. The third-order valence-corrected chi connectivity index (χ3v) is 7.90. The molecule has 3 heterocycles. The molecule has 0 fully saturated rings. The van der Waals surface area contributed by atoms with Crippen molar-refractivity contribution in [1.82, 2.24) is 24.9 Å². The second-order valence-electron chi connectivity index (χ2n) is 8.11. The Morgan fingerprint density at radius 3 is 2.94 bits per heavy atom. The fourth-order valence-corrected chi connectivity index (χ4v) is 6.36. The summed E-state index contributed by atoms with van der Waals surface area (Å²) in [7, 11) is 0. The van der Waals surface area contributed by atoms with Gasteiger partial charge in [0.05, 0.1) is 11.1 Å². The molecular weight excluding hydrogens is 426 g/mol. The van der Waals surface area contributed by atoms with Crippen LogP contribution < -0.4 is 5.32 Å². The largest absolute Gasteiger partial charge is 0.351 e. The Labute approximate surface area is 189 Å². The highest BCUT2D eigenvalue weighted by atomic mass is 32.2. The van der Waals surface area contributed by atoms with Gasteiger partial charge in [-0.25, -0.2) is 4.98 Å². The molecule has 1 atom stereocenters. The van der Waals surface area contributed by atoms with Gasteiger partial charge in [0.2, 0.25) is 5.91 Å². The van der Waals surface area contributed by atoms with Crippen LogP contribution in [0.1, 0.15) is 42.1 Å². The lowest BCUT2D eigenvalue weighted by atomic mass is 9.89. The van der Waals surface area contributed by atoms with Crippen LogP contribution >= 0.6 is 23.1 Å². The Hall–Kier alpha value is -2.45. The first-order valence-electron chi connectivity index (χ1n) is 10.8. The zero-order chi connectivity index (χ0) is 21.4. The molecule has 1 amide bonds. The fourth-order valence-electron chi connectivity index (χ4n) is 4.19. The Morgan fingerprint density at radius 1 is 1.29 bits per heavy atom. The number of carbonyl (C=O) groups excluding carboxylic acids is 1. The third-order valence-electron chi connectivity index (χ3n) is 5.82. The van der Waals surface area contributed by atoms with Crippen LogP contribution in [0, 0.1) is 5.92 Å². The fraction of sp³-hybridized carbons (Fsp3) is 0.391. The molecule has 31 heavy (non-hydrogen) atoms. The van der Waals surface area contributed by atoms with Gasteiger partial charge in [-0.1, -0.05) is 55.9 Å². The Kier molecular flexibility index (Phi) is 5.67. The van der Waals surface area contributed by atoms with Crippen LogP contribution in [0.5, 0.6) is 0 Å². The number of aromatic nitrogens is 4. The number of amides is 1. The summed E-state index contributed by atoms with van der Waals surface area (Å²) < 4.78 is 2.06. The van der Waals surface area contributed by atoms with E-state index < -0.39 is 0 Å². The second-order valence-corrected chi connectivity index (χ2v) is 10.1. The van der Waals surface area contributed by atoms with Crippen molar-refractivity contribution >= 4 is 44.9 Å². The molecule has 1 aromatic carbocycles. The highest BCUT2D eigenvalue weighted by Crippen LogP contribution is 2.39. The molecule has 4 aromatic rings. The second kappa shape index (κ2) is 8.59. The van der Waals surface area contributed by atoms with Gasteiger partial charge in [0.1, 0.15) is 10.7 Å². The first kappa shape index (κ1) is 20.5. The molecule has 0 unspecified atom stereocenters. The number of thioether (sulfide) groups is 1. The van der Waals surface area contributed by atoms with Crippen LogP contribution in [-0.2, 0) is 30.6 Å². The lowest BCUT2D eigenvalue weighted by Gasteiger charge is -2.17. The smallest absolute Gasteiger partial charge is 0.230 e. The van der Waals surface area contributed by atoms with E-state index in [0.29, 0.717) is 12.3 Å². The maximum Gasteiger partial charge on any atom is 0.230 e. The molecule has 5 rings (SSSR count). The zero-order valence-electron chi connectivity index (χ0n) is 17.7. The van der Waals surface area contributed by atoms with E-state index >= 15 is 0 Å². The minimum absolute atomic E-state index is 0.0143. The van der Waals surface area contributed by atoms with Gasteiger partial charge >= 0.3 is 0 Å². The normalized spacial score (nSPS) is 16.0. The molecule has 1 aliphatic carbocycles. The third kappa shape index (κ3) is 3.94. The van der Waals surface area contributed by atoms with Gasteiger partial charge in [-0.15, -0.1) is 21.5 Å². The summed E-state index contributed by atoms with van der Waals surface area (Å²) in [6, 6.07) is 9.93. The first-order chi connectivity index (χ1) is 15.1. The van der Waals surface area contributed by atoms with Crippen molar-refractivity contribution in [3.63, 3.8) is 0 Å². The Morgan fingerprint density at radius 2 is 2.13 bits per heavy atom. The number of benzene rings is 1. The van der Waals surface area contributed by atoms with Gasteiger partial charge in [-0.05, 0) is 36.3 Å². The summed E-state index contributed by atoms with van der Waals surface area (Å²) in [5.41, 5.74) is 3.38. The van der Waals surface area contributed by atoms with E-state index in [9.17, 15) is 4.79 Å². The van der Waals surface area contributed by atoms with Crippen LogP contribution in [0.15, 0.2) is 35.5 Å². The Bertz CT molecular complexity index is 1250. The monoisotopic (exact) mass is 451 g/mol. The molecule has 0 saturated heterocycles. The van der Waals surface area contributed by atoms with Crippen molar-refractivity contribution in [1.29, 1.82) is 0 Å². The summed E-state index contributed by atoms with van der Waals surface area (Å²) in [5, 5.41) is 13.9. The van der Waals surface area contributed by atoms with Crippen LogP contribution in [0.4, 0.5) is 0 Å². The zero-order valence-corrected chi connectivity index (χ0v) is 19.4. The quantitative estimate of drug-likeness (QED) is 0.439. The van der Waals surface area contributed by atoms with Crippen molar-refractivity contribution in [3.8, 4) is 0 Å². The molecule has 0 radical (unpaired) electrons. The van der Waals surface area contributed by atoms with Gasteiger partial charge in [-0.3, -0.25) is 9.20 Å². The van der Waals surface area contributed by atoms with Crippen LogP contribution in [0.3, 0.4) is 0 Å². The lowest BCUT2D eigenvalue weighted by Crippen LogP contribution is -2.24. The van der Waals surface area contributed by atoms with E-state index in [0.717, 1.165) is 57.6 Å². The summed E-state index contributed by atoms with van der Waals surface area (Å²) in [5.74, 6) is 1.96. The van der Waals surface area contributed by atoms with Crippen molar-refractivity contribution in [2.24, 2.45) is 5.92 Å². The van der Waals surface area contributed by atoms with Crippen LogP contribution in [-0.4, -0.2) is 31.2 Å². The molecule has 0 spiro atoms. The van der Waals surface area contributed by atoms with E-state index in [1.165, 1.54) is 28.6 Å². The number of hydrogen-bond acceptors (Lipinski definition) is 6. The van der Waals surface area contributed by atoms with Gasteiger partial charge in [0, 0.05) is 17.8 Å². The van der Waals surface area contributed by atoms with Gasteiger partial charge in [0.25, 0.3) is 0 Å². The molecule has 8 heteroatoms. The van der Waals surface area contributed by atoms with E-state index in [4.69, 9.17) is 4.98 Å². The molecule has 6 nitrogen and oxygen atoms in total. The SMILES string of the molecule is CCc1nc2sc3c(c2c2nnc(SCC(=O)NCc4ccccc4)n12)CC[C@H](C)C3. The van der Waals surface area contributed by atoms with Crippen molar-refractivity contribution in [2.75, 3.05) is 5.75 Å². The number of hydrogen-bond donors (Lipinski definition) is 1. The van der Waals surface area contributed by atoms with E-state index in [2.05, 4.69) is 33.8 Å². The summed E-state index contributed by atoms with van der Waals surface area (Å²) in [4.78, 5) is 19.9. The summed E-state index contributed by atoms with van der Waals surface area (Å²) in [6.07, 6.45) is 4.20. The average molecular weight is 452 g/mol. The molecule has 0 bridgehead atoms. The molecule has 0 saturated carbocycles. The lowest BCUT2D eigenvalue weighted by molar-refractivity contribution is -0.118. The highest BCUT2D eigenvalue weighted by Gasteiger charge is 2.25. The maximum absolute atomic E-state index is 12.4. The number of nitrogens with one attached hydrogen (secondary N) is 1. The van der Waals surface area contributed by atoms with Gasteiger partial charge in [0.15, 0.2) is 10.8 Å². The minimum Gasteiger partial charge on any atom is -0.351 e. The number of carbonyl (C=O) groups is 1. The summed E-state index contributed by atoms with van der Waals surface area (Å²) >= 11 is 3.24. The number of nitrogens with zero attached hydrogens (tertiary/aromatic N) is 4. The number of rotatable bonds is 6. The molecule has 1 N–H and O–H groups in total. The van der Waals surface area contributed by atoms with E-state index in [1.54, 1.807) is 0 Å². The van der Waals surface area contributed by atoms with E-state index in [-0.39, 0.29) is 5.91 Å². The number of aryl methyl sites for hydroxylation is 2. The van der Waals surface area contributed by atoms with Crippen molar-refractivity contribution in [2.45, 2.75) is 51.2 Å². The average Bonchev–Trinajstić information content (AvgIpc) is 3.36. The highest BCUT2D eigenvalue weighted by molar-refractivity contribution is 7.99. The van der Waals surface area contributed by atoms with Crippen LogP contribution in [0.2, 0.25) is 0 Å². The maximum atomic E-state index is 12.4. The van der Waals surface area contributed by atoms with Gasteiger partial charge in [-0.2, -0.15) is 0 Å².